The minimum Gasteiger partial charge on any atom is -0.355 e. The van der Waals surface area contributed by atoms with Crippen molar-refractivity contribution in [3.05, 3.63) is 52.6 Å². The maximum atomic E-state index is 13.1. The lowest BCUT2D eigenvalue weighted by molar-refractivity contribution is 0.0988. The summed E-state index contributed by atoms with van der Waals surface area (Å²) < 4.78 is 14.9. The van der Waals surface area contributed by atoms with Gasteiger partial charge in [0.2, 0.25) is 0 Å². The van der Waals surface area contributed by atoms with E-state index >= 15 is 0 Å². The Hall–Kier alpha value is -2.74. The number of nitrogens with zero attached hydrogens (tertiary/aromatic N) is 3. The molecule has 0 spiro atoms. The molecule has 1 aromatic carbocycles. The molecule has 0 saturated carbocycles. The fourth-order valence-corrected chi connectivity index (χ4v) is 4.08. The molecule has 3 rings (SSSR count). The molecule has 0 radical (unpaired) electrons. The Balaban J connectivity index is 1.83. The largest absolute Gasteiger partial charge is 0.355 e. The van der Waals surface area contributed by atoms with Gasteiger partial charge in [-0.2, -0.15) is 0 Å². The van der Waals surface area contributed by atoms with Gasteiger partial charge in [0.1, 0.15) is 5.82 Å². The summed E-state index contributed by atoms with van der Waals surface area (Å²) in [5.41, 5.74) is 3.13. The number of halogens is 1. The van der Waals surface area contributed by atoms with Crippen molar-refractivity contribution in [2.45, 2.75) is 38.1 Å². The van der Waals surface area contributed by atoms with E-state index in [1.165, 1.54) is 30.8 Å². The molecule has 146 valence electrons. The van der Waals surface area contributed by atoms with E-state index in [1.807, 2.05) is 0 Å². The number of nitrogens with one attached hydrogen (secondary N) is 1. The van der Waals surface area contributed by atoms with Gasteiger partial charge in [-0.1, -0.05) is 11.8 Å². The molecular formula is C20H21FN4O2S. The smallest absolute Gasteiger partial charge is 0.192 e. The second-order valence-electron chi connectivity index (χ2n) is 6.68. The van der Waals surface area contributed by atoms with Gasteiger partial charge in [-0.05, 0) is 57.5 Å². The second-order valence-corrected chi connectivity index (χ2v) is 7.99. The quantitative estimate of drug-likeness (QED) is 0.497. The first-order chi connectivity index (χ1) is 13.2. The number of rotatable bonds is 6. The van der Waals surface area contributed by atoms with Crippen molar-refractivity contribution in [1.29, 1.82) is 0 Å². The summed E-state index contributed by atoms with van der Waals surface area (Å²) in [6, 6.07) is 6.01. The first-order valence-corrected chi connectivity index (χ1v) is 9.65. The number of aromatic nitrogens is 4. The molecule has 1 atom stereocenters. The molecule has 28 heavy (non-hydrogen) atoms. The Morgan fingerprint density at radius 3 is 2.39 bits per heavy atom. The Morgan fingerprint density at radius 1 is 1.18 bits per heavy atom. The molecule has 3 aromatic rings. The fourth-order valence-electron chi connectivity index (χ4n) is 3.21. The van der Waals surface area contributed by atoms with E-state index in [-0.39, 0.29) is 17.4 Å². The average molecular weight is 400 g/mol. The molecule has 0 amide bonds. The van der Waals surface area contributed by atoms with E-state index in [0.29, 0.717) is 33.5 Å². The van der Waals surface area contributed by atoms with E-state index in [2.05, 4.69) is 15.2 Å². The zero-order valence-corrected chi connectivity index (χ0v) is 17.1. The van der Waals surface area contributed by atoms with Crippen molar-refractivity contribution < 1.29 is 14.0 Å². The molecule has 2 aromatic heterocycles. The number of Topliss-reactive ketones (excluding diaryl/α,β-unsaturated/α-hetero) is 2. The van der Waals surface area contributed by atoms with Gasteiger partial charge in [0.15, 0.2) is 22.5 Å². The number of hydrogen-bond donors (Lipinski definition) is 1. The second kappa shape index (κ2) is 7.71. The SMILES string of the molecule is CC(=O)c1c(C)[nH]c(C(=O)[C@@H](C)Sc2nnc(-c3ccc(F)cc3)n2C)c1C. The molecule has 0 saturated heterocycles. The molecule has 0 aliphatic rings. The van der Waals surface area contributed by atoms with Crippen LogP contribution in [-0.4, -0.2) is 36.6 Å². The number of carbonyl (C=O) groups is 2. The van der Waals surface area contributed by atoms with Crippen molar-refractivity contribution in [3.63, 3.8) is 0 Å². The van der Waals surface area contributed by atoms with Crippen LogP contribution in [0.4, 0.5) is 4.39 Å². The highest BCUT2D eigenvalue weighted by atomic mass is 32.2. The summed E-state index contributed by atoms with van der Waals surface area (Å²) in [4.78, 5) is 27.8. The topological polar surface area (TPSA) is 80.6 Å². The maximum Gasteiger partial charge on any atom is 0.192 e. The van der Waals surface area contributed by atoms with Gasteiger partial charge in [0, 0.05) is 23.9 Å². The molecule has 1 N–H and O–H groups in total. The molecule has 0 bridgehead atoms. The number of carbonyl (C=O) groups excluding carboxylic acids is 2. The van der Waals surface area contributed by atoms with Gasteiger partial charge < -0.3 is 9.55 Å². The molecule has 0 fully saturated rings. The van der Waals surface area contributed by atoms with Crippen molar-refractivity contribution in [3.8, 4) is 11.4 Å². The third kappa shape index (κ3) is 3.64. The number of benzene rings is 1. The van der Waals surface area contributed by atoms with Gasteiger partial charge in [0.25, 0.3) is 0 Å². The maximum absolute atomic E-state index is 13.1. The van der Waals surface area contributed by atoms with E-state index in [9.17, 15) is 14.0 Å². The van der Waals surface area contributed by atoms with E-state index < -0.39 is 5.25 Å². The molecule has 8 heteroatoms. The van der Waals surface area contributed by atoms with Gasteiger partial charge in [-0.3, -0.25) is 9.59 Å². The lowest BCUT2D eigenvalue weighted by Gasteiger charge is -2.10. The first-order valence-electron chi connectivity index (χ1n) is 8.77. The highest BCUT2D eigenvalue weighted by Crippen LogP contribution is 2.29. The number of thioether (sulfide) groups is 1. The van der Waals surface area contributed by atoms with Crippen molar-refractivity contribution in [2.24, 2.45) is 7.05 Å². The van der Waals surface area contributed by atoms with Crippen LogP contribution in [0.2, 0.25) is 0 Å². The molecule has 0 aliphatic carbocycles. The van der Waals surface area contributed by atoms with Gasteiger partial charge in [-0.15, -0.1) is 10.2 Å². The van der Waals surface area contributed by atoms with Crippen LogP contribution in [0.5, 0.6) is 0 Å². The Kier molecular flexibility index (Phi) is 5.51. The lowest BCUT2D eigenvalue weighted by atomic mass is 10.0. The monoisotopic (exact) mass is 400 g/mol. The van der Waals surface area contributed by atoms with Crippen LogP contribution < -0.4 is 0 Å². The third-order valence-corrected chi connectivity index (χ3v) is 5.76. The zero-order valence-electron chi connectivity index (χ0n) is 16.3. The van der Waals surface area contributed by atoms with Gasteiger partial charge in [0.05, 0.1) is 10.9 Å². The van der Waals surface area contributed by atoms with Crippen LogP contribution in [0.15, 0.2) is 29.4 Å². The predicted octanol–water partition coefficient (Wildman–Crippen LogP) is 4.13. The number of ketones is 2. The van der Waals surface area contributed by atoms with E-state index in [0.717, 1.165) is 5.56 Å². The third-order valence-electron chi connectivity index (χ3n) is 4.62. The molecule has 2 heterocycles. The first kappa shape index (κ1) is 20.0. The highest BCUT2D eigenvalue weighted by molar-refractivity contribution is 8.00. The number of aromatic amines is 1. The van der Waals surface area contributed by atoms with Crippen molar-refractivity contribution in [1.82, 2.24) is 19.7 Å². The summed E-state index contributed by atoms with van der Waals surface area (Å²) in [7, 11) is 1.80. The minimum atomic E-state index is -0.430. The normalized spacial score (nSPS) is 12.2. The average Bonchev–Trinajstić information content (AvgIpc) is 3.14. The van der Waals surface area contributed by atoms with Crippen molar-refractivity contribution in [2.75, 3.05) is 0 Å². The standard InChI is InChI=1S/C20H21FN4O2S/c1-10-16(12(3)26)11(2)22-17(10)18(27)13(4)28-20-24-23-19(25(20)5)14-6-8-15(21)9-7-14/h6-9,13,22H,1-5H3/t13-/m1/s1. The van der Waals surface area contributed by atoms with Crippen LogP contribution in [0.3, 0.4) is 0 Å². The van der Waals surface area contributed by atoms with Gasteiger partial charge in [-0.25, -0.2) is 4.39 Å². The van der Waals surface area contributed by atoms with Gasteiger partial charge >= 0.3 is 0 Å². The van der Waals surface area contributed by atoms with Crippen LogP contribution in [0.1, 0.15) is 46.0 Å². The predicted molar refractivity (Wildman–Crippen MR) is 106 cm³/mol. The summed E-state index contributed by atoms with van der Waals surface area (Å²) in [6.07, 6.45) is 0. The Morgan fingerprint density at radius 2 is 1.82 bits per heavy atom. The molecular weight excluding hydrogens is 379 g/mol. The highest BCUT2D eigenvalue weighted by Gasteiger charge is 2.26. The summed E-state index contributed by atoms with van der Waals surface area (Å²) in [5.74, 6) is 0.0986. The van der Waals surface area contributed by atoms with Crippen LogP contribution in [-0.2, 0) is 7.05 Å². The molecule has 6 nitrogen and oxygen atoms in total. The number of H-pyrrole nitrogens is 1. The molecule has 0 unspecified atom stereocenters. The summed E-state index contributed by atoms with van der Waals surface area (Å²) in [6.45, 7) is 6.85. The fraction of sp³-hybridized carbons (Fsp3) is 0.300. The van der Waals surface area contributed by atoms with Crippen LogP contribution in [0.25, 0.3) is 11.4 Å². The number of hydrogen-bond acceptors (Lipinski definition) is 5. The van der Waals surface area contributed by atoms with Crippen molar-refractivity contribution >= 4 is 23.3 Å². The molecule has 0 aliphatic heterocycles. The summed E-state index contributed by atoms with van der Waals surface area (Å²) >= 11 is 1.28. The minimum absolute atomic E-state index is 0.0668. The van der Waals surface area contributed by atoms with Crippen LogP contribution >= 0.6 is 11.8 Å². The Bertz CT molecular complexity index is 1050. The zero-order chi connectivity index (χ0) is 20.6. The number of aryl methyl sites for hydroxylation is 1. The van der Waals surface area contributed by atoms with E-state index in [4.69, 9.17) is 0 Å². The van der Waals surface area contributed by atoms with Crippen LogP contribution in [0, 0.1) is 19.7 Å². The van der Waals surface area contributed by atoms with E-state index in [1.54, 1.807) is 44.5 Å². The lowest BCUT2D eigenvalue weighted by Crippen LogP contribution is -2.16. The Labute approximate surface area is 166 Å². The summed E-state index contributed by atoms with van der Waals surface area (Å²) in [5, 5.41) is 8.48.